The zero-order chi connectivity index (χ0) is 21.5. The molecule has 3 N–H and O–H groups in total. The molecule has 1 aromatic heterocycles. The zero-order valence-corrected chi connectivity index (χ0v) is 17.4. The quantitative estimate of drug-likeness (QED) is 0.617. The summed E-state index contributed by atoms with van der Waals surface area (Å²) in [5.74, 6) is -0.524. The van der Waals surface area contributed by atoms with Crippen molar-refractivity contribution in [2.24, 2.45) is 0 Å². The van der Waals surface area contributed by atoms with Gasteiger partial charge in [0.15, 0.2) is 0 Å². The van der Waals surface area contributed by atoms with E-state index in [-0.39, 0.29) is 17.5 Å². The van der Waals surface area contributed by atoms with Gasteiger partial charge in [-0.25, -0.2) is 4.79 Å². The van der Waals surface area contributed by atoms with Gasteiger partial charge in [-0.1, -0.05) is 45.0 Å². The first kappa shape index (κ1) is 20.1. The lowest BCUT2D eigenvalue weighted by Crippen LogP contribution is -2.31. The standard InChI is InChI=1S/C23H26N4O3/c1-23(2,3)15-8-9-16-14(11-15)7-10-19(16)26-22(30)25-18-5-4-6-20-17(18)12-24-27(20)21(29)13-28/h4-6,8-9,11-12,19,28H,7,10,13H2,1-3H3,(H2,25,26,30)/t19-/m1/s1. The van der Waals surface area contributed by atoms with Crippen molar-refractivity contribution in [2.45, 2.75) is 45.1 Å². The summed E-state index contributed by atoms with van der Waals surface area (Å²) in [5, 5.41) is 19.7. The number of nitrogens with one attached hydrogen (secondary N) is 2. The van der Waals surface area contributed by atoms with Crippen LogP contribution in [-0.4, -0.2) is 33.4 Å². The number of rotatable bonds is 3. The van der Waals surface area contributed by atoms with E-state index in [1.807, 2.05) is 0 Å². The molecule has 0 spiro atoms. The van der Waals surface area contributed by atoms with Gasteiger partial charge in [0, 0.05) is 5.39 Å². The van der Waals surface area contributed by atoms with E-state index in [2.05, 4.69) is 54.7 Å². The number of aryl methyl sites for hydroxylation is 1. The first-order valence-electron chi connectivity index (χ1n) is 10.1. The van der Waals surface area contributed by atoms with Gasteiger partial charge in [-0.05, 0) is 47.1 Å². The second-order valence-electron chi connectivity index (χ2n) is 8.70. The van der Waals surface area contributed by atoms with Gasteiger partial charge in [-0.15, -0.1) is 0 Å². The number of aromatic nitrogens is 2. The summed E-state index contributed by atoms with van der Waals surface area (Å²) in [4.78, 5) is 24.5. The smallest absolute Gasteiger partial charge is 0.319 e. The summed E-state index contributed by atoms with van der Waals surface area (Å²) in [6.07, 6.45) is 3.32. The third-order valence-corrected chi connectivity index (χ3v) is 5.63. The zero-order valence-electron chi connectivity index (χ0n) is 17.4. The van der Waals surface area contributed by atoms with Gasteiger partial charge in [-0.2, -0.15) is 9.78 Å². The van der Waals surface area contributed by atoms with Crippen LogP contribution in [0.4, 0.5) is 10.5 Å². The van der Waals surface area contributed by atoms with E-state index in [4.69, 9.17) is 5.11 Å². The van der Waals surface area contributed by atoms with Crippen LogP contribution in [0, 0.1) is 0 Å². The number of aliphatic hydroxyl groups excluding tert-OH is 1. The number of anilines is 1. The minimum atomic E-state index is -0.632. The molecule has 0 fully saturated rings. The molecular weight excluding hydrogens is 380 g/mol. The summed E-state index contributed by atoms with van der Waals surface area (Å²) in [6, 6.07) is 11.4. The lowest BCUT2D eigenvalue weighted by atomic mass is 9.85. The monoisotopic (exact) mass is 406 g/mol. The number of carbonyl (C=O) groups excluding carboxylic acids is 2. The highest BCUT2D eigenvalue weighted by Gasteiger charge is 2.26. The van der Waals surface area contributed by atoms with Gasteiger partial charge in [0.2, 0.25) is 0 Å². The number of amides is 2. The van der Waals surface area contributed by atoms with Gasteiger partial charge in [0.1, 0.15) is 6.61 Å². The van der Waals surface area contributed by atoms with Gasteiger partial charge in [0.25, 0.3) is 5.91 Å². The Hall–Kier alpha value is -3.19. The van der Waals surface area contributed by atoms with Gasteiger partial charge < -0.3 is 15.7 Å². The highest BCUT2D eigenvalue weighted by atomic mass is 16.3. The van der Waals surface area contributed by atoms with Crippen LogP contribution in [0.5, 0.6) is 0 Å². The lowest BCUT2D eigenvalue weighted by molar-refractivity contribution is 0.0808. The molecule has 1 aliphatic carbocycles. The first-order valence-corrected chi connectivity index (χ1v) is 10.1. The van der Waals surface area contributed by atoms with Crippen LogP contribution in [0.1, 0.15) is 54.7 Å². The van der Waals surface area contributed by atoms with Crippen LogP contribution in [0.15, 0.2) is 42.6 Å². The molecule has 1 atom stereocenters. The average molecular weight is 406 g/mol. The Kier molecular flexibility index (Phi) is 5.07. The SMILES string of the molecule is CC(C)(C)c1ccc2c(c1)CC[C@H]2NC(=O)Nc1cccc2c1cnn2C(=O)CO. The van der Waals surface area contributed by atoms with E-state index in [0.29, 0.717) is 16.6 Å². The highest BCUT2D eigenvalue weighted by molar-refractivity contribution is 6.03. The minimum Gasteiger partial charge on any atom is -0.386 e. The topological polar surface area (TPSA) is 96.3 Å². The Morgan fingerprint density at radius 1 is 1.23 bits per heavy atom. The molecule has 2 amide bonds. The van der Waals surface area contributed by atoms with Crippen molar-refractivity contribution in [2.75, 3.05) is 11.9 Å². The molecule has 156 valence electrons. The van der Waals surface area contributed by atoms with Gasteiger partial charge >= 0.3 is 6.03 Å². The number of nitrogens with zero attached hydrogens (tertiary/aromatic N) is 2. The predicted molar refractivity (Wildman–Crippen MR) is 116 cm³/mol. The normalized spacial score (nSPS) is 15.8. The summed E-state index contributed by atoms with van der Waals surface area (Å²) in [5.41, 5.74) is 4.94. The van der Waals surface area contributed by atoms with Crippen molar-refractivity contribution in [3.05, 3.63) is 59.3 Å². The fourth-order valence-corrected chi connectivity index (χ4v) is 3.98. The molecule has 0 aliphatic heterocycles. The molecule has 7 heteroatoms. The molecule has 1 heterocycles. The van der Waals surface area contributed by atoms with Crippen LogP contribution in [0.25, 0.3) is 10.9 Å². The van der Waals surface area contributed by atoms with Crippen LogP contribution < -0.4 is 10.6 Å². The number of carbonyl (C=O) groups is 2. The molecule has 3 aromatic rings. The van der Waals surface area contributed by atoms with Crippen LogP contribution in [-0.2, 0) is 11.8 Å². The Labute approximate surface area is 175 Å². The molecule has 1 aliphatic rings. The van der Waals surface area contributed by atoms with E-state index in [9.17, 15) is 9.59 Å². The minimum absolute atomic E-state index is 0.0353. The van der Waals surface area contributed by atoms with Crippen molar-refractivity contribution >= 4 is 28.5 Å². The van der Waals surface area contributed by atoms with E-state index in [1.165, 1.54) is 17.3 Å². The molecule has 0 bridgehead atoms. The second-order valence-corrected chi connectivity index (χ2v) is 8.70. The summed E-state index contributed by atoms with van der Waals surface area (Å²) in [7, 11) is 0. The first-order chi connectivity index (χ1) is 14.3. The van der Waals surface area contributed by atoms with Crippen LogP contribution >= 0.6 is 0 Å². The van der Waals surface area contributed by atoms with Gasteiger partial charge in [0.05, 0.1) is 23.4 Å². The van der Waals surface area contributed by atoms with E-state index in [1.54, 1.807) is 18.2 Å². The van der Waals surface area contributed by atoms with Crippen molar-refractivity contribution in [3.8, 4) is 0 Å². The number of hydrogen-bond acceptors (Lipinski definition) is 4. The van der Waals surface area contributed by atoms with Crippen molar-refractivity contribution < 1.29 is 14.7 Å². The number of fused-ring (bicyclic) bond motifs is 2. The molecule has 2 aromatic carbocycles. The predicted octanol–water partition coefficient (Wildman–Crippen LogP) is 3.78. The maximum absolute atomic E-state index is 12.7. The largest absolute Gasteiger partial charge is 0.386 e. The Balaban J connectivity index is 1.51. The summed E-state index contributed by atoms with van der Waals surface area (Å²) in [6.45, 7) is 5.96. The molecule has 0 radical (unpaired) electrons. The molecule has 0 saturated heterocycles. The van der Waals surface area contributed by atoms with Crippen LogP contribution in [0.3, 0.4) is 0 Å². The third kappa shape index (κ3) is 3.68. The molecule has 30 heavy (non-hydrogen) atoms. The fraction of sp³-hybridized carbons (Fsp3) is 0.348. The molecular formula is C23H26N4O3. The van der Waals surface area contributed by atoms with Crippen molar-refractivity contribution in [3.63, 3.8) is 0 Å². The Morgan fingerprint density at radius 3 is 2.77 bits per heavy atom. The number of urea groups is 1. The molecule has 4 rings (SSSR count). The van der Waals surface area contributed by atoms with E-state index in [0.717, 1.165) is 23.1 Å². The lowest BCUT2D eigenvalue weighted by Gasteiger charge is -2.21. The molecule has 0 unspecified atom stereocenters. The molecule has 0 saturated carbocycles. The Bertz CT molecular complexity index is 1130. The summed E-state index contributed by atoms with van der Waals surface area (Å²) >= 11 is 0. The Morgan fingerprint density at radius 2 is 2.03 bits per heavy atom. The van der Waals surface area contributed by atoms with Crippen molar-refractivity contribution in [1.29, 1.82) is 0 Å². The van der Waals surface area contributed by atoms with Crippen molar-refractivity contribution in [1.82, 2.24) is 15.1 Å². The highest BCUT2D eigenvalue weighted by Crippen LogP contribution is 2.34. The van der Waals surface area contributed by atoms with Crippen LogP contribution in [0.2, 0.25) is 0 Å². The molecule has 7 nitrogen and oxygen atoms in total. The van der Waals surface area contributed by atoms with E-state index >= 15 is 0 Å². The van der Waals surface area contributed by atoms with Gasteiger partial charge in [-0.3, -0.25) is 4.79 Å². The fourth-order valence-electron chi connectivity index (χ4n) is 3.98. The van der Waals surface area contributed by atoms with E-state index < -0.39 is 12.5 Å². The maximum atomic E-state index is 12.7. The number of benzene rings is 2. The number of aliphatic hydroxyl groups is 1. The second kappa shape index (κ2) is 7.57. The number of hydrogen-bond donors (Lipinski definition) is 3. The maximum Gasteiger partial charge on any atom is 0.319 e. The average Bonchev–Trinajstić information content (AvgIpc) is 3.31. The summed E-state index contributed by atoms with van der Waals surface area (Å²) < 4.78 is 1.14. The third-order valence-electron chi connectivity index (χ3n) is 5.63.